The number of pyridine rings is 1. The van der Waals surface area contributed by atoms with Crippen LogP contribution in [0.25, 0.3) is 0 Å². The maximum absolute atomic E-state index is 13.1. The summed E-state index contributed by atoms with van der Waals surface area (Å²) in [7, 11) is 0. The first-order valence-corrected chi connectivity index (χ1v) is 10.9. The molecule has 1 amide bonds. The summed E-state index contributed by atoms with van der Waals surface area (Å²) in [6, 6.07) is 23.5. The predicted octanol–water partition coefficient (Wildman–Crippen LogP) is 5.73. The van der Waals surface area contributed by atoms with Crippen LogP contribution in [0.3, 0.4) is 0 Å². The van der Waals surface area contributed by atoms with Crippen molar-refractivity contribution in [2.24, 2.45) is 0 Å². The second-order valence-electron chi connectivity index (χ2n) is 8.34. The lowest BCUT2D eigenvalue weighted by atomic mass is 9.86. The predicted molar refractivity (Wildman–Crippen MR) is 126 cm³/mol. The summed E-state index contributed by atoms with van der Waals surface area (Å²) >= 11 is 6.05. The maximum atomic E-state index is 13.1. The minimum atomic E-state index is -1.06. The molecule has 0 radical (unpaired) electrons. The number of aryl methyl sites for hydroxylation is 1. The minimum absolute atomic E-state index is 0.0965. The minimum Gasteiger partial charge on any atom is -0.462 e. The smallest absolute Gasteiger partial charge is 0.263 e. The summed E-state index contributed by atoms with van der Waals surface area (Å²) in [5.41, 5.74) is 2.12. The molecule has 0 aliphatic rings. The van der Waals surface area contributed by atoms with Crippen LogP contribution in [-0.4, -0.2) is 22.5 Å². The Kier molecular flexibility index (Phi) is 7.34. The first kappa shape index (κ1) is 22.8. The standard InChI is InChI=1S/C26H29ClN2O2/c1-18-9-8-12-24(28-18)31-26(3,4)25(30)29-19(2)23(21-10-6-5-7-11-21)17-20-13-15-22(27)16-14-20/h5-16,19,23H,17H2,1-4H3,(H,29,30)/t19-,23+/m0/s1. The van der Waals surface area contributed by atoms with Crippen molar-refractivity contribution >= 4 is 17.5 Å². The van der Waals surface area contributed by atoms with Gasteiger partial charge < -0.3 is 10.1 Å². The Labute approximate surface area is 189 Å². The molecule has 0 bridgehead atoms. The number of carbonyl (C=O) groups is 1. The molecule has 0 saturated heterocycles. The van der Waals surface area contributed by atoms with Crippen molar-refractivity contribution in [3.63, 3.8) is 0 Å². The number of ether oxygens (including phenoxy) is 1. The number of amides is 1. The number of rotatable bonds is 8. The Bertz CT molecular complexity index is 1000. The van der Waals surface area contributed by atoms with E-state index in [0.717, 1.165) is 12.1 Å². The van der Waals surface area contributed by atoms with Crippen molar-refractivity contribution in [1.82, 2.24) is 10.3 Å². The van der Waals surface area contributed by atoms with Gasteiger partial charge in [-0.05, 0) is 63.4 Å². The Morgan fingerprint density at radius 1 is 1.03 bits per heavy atom. The highest BCUT2D eigenvalue weighted by atomic mass is 35.5. The van der Waals surface area contributed by atoms with E-state index in [1.54, 1.807) is 19.9 Å². The van der Waals surface area contributed by atoms with E-state index in [1.807, 2.05) is 68.4 Å². The Morgan fingerprint density at radius 3 is 2.35 bits per heavy atom. The molecule has 162 valence electrons. The van der Waals surface area contributed by atoms with Gasteiger partial charge in [-0.25, -0.2) is 4.98 Å². The average molecular weight is 437 g/mol. The maximum Gasteiger partial charge on any atom is 0.263 e. The number of benzene rings is 2. The van der Waals surface area contributed by atoms with Crippen LogP contribution in [-0.2, 0) is 11.2 Å². The third-order valence-electron chi connectivity index (χ3n) is 5.33. The number of hydrogen-bond donors (Lipinski definition) is 1. The molecule has 0 unspecified atom stereocenters. The van der Waals surface area contributed by atoms with Gasteiger partial charge >= 0.3 is 0 Å². The molecule has 1 aromatic heterocycles. The van der Waals surface area contributed by atoms with Gasteiger partial charge in [0.15, 0.2) is 5.60 Å². The SMILES string of the molecule is Cc1cccc(OC(C)(C)C(=O)N[C@@H](C)[C@@H](Cc2ccc(Cl)cc2)c2ccccc2)n1. The lowest BCUT2D eigenvalue weighted by Gasteiger charge is -2.30. The molecule has 3 aromatic rings. The van der Waals surface area contributed by atoms with Crippen molar-refractivity contribution in [1.29, 1.82) is 0 Å². The van der Waals surface area contributed by atoms with E-state index < -0.39 is 5.60 Å². The topological polar surface area (TPSA) is 51.2 Å². The van der Waals surface area contributed by atoms with Gasteiger partial charge in [-0.15, -0.1) is 0 Å². The van der Waals surface area contributed by atoms with E-state index in [-0.39, 0.29) is 17.9 Å². The highest BCUT2D eigenvalue weighted by molar-refractivity contribution is 6.30. The van der Waals surface area contributed by atoms with Crippen LogP contribution in [0.2, 0.25) is 5.02 Å². The van der Waals surface area contributed by atoms with Crippen LogP contribution < -0.4 is 10.1 Å². The number of nitrogens with zero attached hydrogens (tertiary/aromatic N) is 1. The number of halogens is 1. The van der Waals surface area contributed by atoms with Crippen molar-refractivity contribution in [2.75, 3.05) is 0 Å². The first-order chi connectivity index (χ1) is 14.7. The van der Waals surface area contributed by atoms with Gasteiger partial charge in [0.05, 0.1) is 0 Å². The van der Waals surface area contributed by atoms with Crippen LogP contribution in [0.1, 0.15) is 43.5 Å². The Hall–Kier alpha value is -2.85. The summed E-state index contributed by atoms with van der Waals surface area (Å²) < 4.78 is 5.92. The molecule has 31 heavy (non-hydrogen) atoms. The summed E-state index contributed by atoms with van der Waals surface area (Å²) in [5, 5.41) is 3.88. The molecule has 4 nitrogen and oxygen atoms in total. The molecular formula is C26H29ClN2O2. The lowest BCUT2D eigenvalue weighted by molar-refractivity contribution is -0.135. The van der Waals surface area contributed by atoms with Gasteiger partial charge in [0.25, 0.3) is 5.91 Å². The van der Waals surface area contributed by atoms with Crippen LogP contribution >= 0.6 is 11.6 Å². The van der Waals surface area contributed by atoms with E-state index in [0.29, 0.717) is 10.9 Å². The second-order valence-corrected chi connectivity index (χ2v) is 8.78. The molecule has 0 aliphatic heterocycles. The van der Waals surface area contributed by atoms with Gasteiger partial charge in [-0.1, -0.05) is 60.1 Å². The molecule has 1 N–H and O–H groups in total. The largest absolute Gasteiger partial charge is 0.462 e. The molecule has 3 rings (SSSR count). The fraction of sp³-hybridized carbons (Fsp3) is 0.308. The normalized spacial score (nSPS) is 13.3. The monoisotopic (exact) mass is 436 g/mol. The Balaban J connectivity index is 1.76. The summed E-state index contributed by atoms with van der Waals surface area (Å²) in [6.45, 7) is 7.45. The van der Waals surface area contributed by atoms with Crippen molar-refractivity contribution in [2.45, 2.75) is 51.7 Å². The molecule has 0 fully saturated rings. The molecule has 2 atom stereocenters. The van der Waals surface area contributed by atoms with E-state index in [2.05, 4.69) is 22.4 Å². The third kappa shape index (κ3) is 6.31. The van der Waals surface area contributed by atoms with E-state index in [4.69, 9.17) is 16.3 Å². The molecule has 1 heterocycles. The molecule has 0 saturated carbocycles. The first-order valence-electron chi connectivity index (χ1n) is 10.5. The van der Waals surface area contributed by atoms with Gasteiger partial charge in [0.1, 0.15) is 0 Å². The number of nitrogens with one attached hydrogen (secondary N) is 1. The van der Waals surface area contributed by atoms with Gasteiger partial charge in [-0.3, -0.25) is 4.79 Å². The quantitative estimate of drug-likeness (QED) is 0.490. The molecule has 5 heteroatoms. The zero-order valence-corrected chi connectivity index (χ0v) is 19.2. The average Bonchev–Trinajstić information content (AvgIpc) is 2.73. The summed E-state index contributed by atoms with van der Waals surface area (Å²) in [5.74, 6) is 0.355. The zero-order valence-electron chi connectivity index (χ0n) is 18.4. The van der Waals surface area contributed by atoms with Crippen LogP contribution in [0, 0.1) is 6.92 Å². The molecule has 0 aliphatic carbocycles. The van der Waals surface area contributed by atoms with Crippen LogP contribution in [0.5, 0.6) is 5.88 Å². The lowest BCUT2D eigenvalue weighted by Crippen LogP contribution is -2.51. The summed E-state index contributed by atoms with van der Waals surface area (Å²) in [6.07, 6.45) is 0.781. The van der Waals surface area contributed by atoms with E-state index >= 15 is 0 Å². The highest BCUT2D eigenvalue weighted by Crippen LogP contribution is 2.26. The van der Waals surface area contributed by atoms with E-state index in [9.17, 15) is 4.79 Å². The molecule has 0 spiro atoms. The fourth-order valence-corrected chi connectivity index (χ4v) is 3.65. The molecular weight excluding hydrogens is 408 g/mol. The number of aromatic nitrogens is 1. The van der Waals surface area contributed by atoms with Crippen molar-refractivity contribution in [3.8, 4) is 5.88 Å². The van der Waals surface area contributed by atoms with Crippen molar-refractivity contribution < 1.29 is 9.53 Å². The van der Waals surface area contributed by atoms with Gasteiger partial charge in [0, 0.05) is 28.7 Å². The van der Waals surface area contributed by atoms with Crippen LogP contribution in [0.4, 0.5) is 0 Å². The zero-order chi connectivity index (χ0) is 22.4. The van der Waals surface area contributed by atoms with Crippen LogP contribution in [0.15, 0.2) is 72.8 Å². The third-order valence-corrected chi connectivity index (χ3v) is 5.58. The number of carbonyl (C=O) groups excluding carboxylic acids is 1. The van der Waals surface area contributed by atoms with E-state index in [1.165, 1.54) is 11.1 Å². The highest BCUT2D eigenvalue weighted by Gasteiger charge is 2.33. The summed E-state index contributed by atoms with van der Waals surface area (Å²) in [4.78, 5) is 17.5. The second kappa shape index (κ2) is 9.97. The Morgan fingerprint density at radius 2 is 1.71 bits per heavy atom. The van der Waals surface area contributed by atoms with Gasteiger partial charge in [-0.2, -0.15) is 0 Å². The molecule has 2 aromatic carbocycles. The van der Waals surface area contributed by atoms with Crippen molar-refractivity contribution in [3.05, 3.63) is 94.6 Å². The fourth-order valence-electron chi connectivity index (χ4n) is 3.52. The number of hydrogen-bond acceptors (Lipinski definition) is 3. The van der Waals surface area contributed by atoms with Gasteiger partial charge in [0.2, 0.25) is 5.88 Å².